The molecule has 212 valence electrons. The SMILES string of the molecule is COc1ccc(SCC2(C(C(=O)NC3CCCCC3)C3CCCCC3)Nc3cc(F)c(Cl)cc3N2)cc1OC. The van der Waals surface area contributed by atoms with Gasteiger partial charge in [-0.3, -0.25) is 4.79 Å². The van der Waals surface area contributed by atoms with Crippen molar-refractivity contribution < 1.29 is 18.7 Å². The summed E-state index contributed by atoms with van der Waals surface area (Å²) in [5.74, 6) is 1.33. The summed E-state index contributed by atoms with van der Waals surface area (Å²) < 4.78 is 25.5. The van der Waals surface area contributed by atoms with Gasteiger partial charge in [0.2, 0.25) is 5.91 Å². The molecule has 2 atom stereocenters. The van der Waals surface area contributed by atoms with Crippen LogP contribution in [0.1, 0.15) is 64.2 Å². The molecule has 3 aliphatic rings. The van der Waals surface area contributed by atoms with Crippen LogP contribution in [0.2, 0.25) is 5.02 Å². The molecular weight excluding hydrogens is 537 g/mol. The van der Waals surface area contributed by atoms with E-state index in [1.807, 2.05) is 18.2 Å². The molecule has 0 saturated heterocycles. The summed E-state index contributed by atoms with van der Waals surface area (Å²) in [5, 5.41) is 10.8. The van der Waals surface area contributed by atoms with E-state index in [1.54, 1.807) is 32.0 Å². The minimum atomic E-state index is -0.821. The number of halogens is 2. The fourth-order valence-corrected chi connectivity index (χ4v) is 7.77. The Balaban J connectivity index is 1.49. The number of anilines is 2. The molecular formula is C30H39ClFN3O3S. The summed E-state index contributed by atoms with van der Waals surface area (Å²) >= 11 is 7.82. The molecule has 2 aliphatic carbocycles. The highest BCUT2D eigenvalue weighted by Gasteiger charge is 2.51. The Morgan fingerprint density at radius 3 is 2.31 bits per heavy atom. The topological polar surface area (TPSA) is 71.6 Å². The molecule has 0 radical (unpaired) electrons. The number of carbonyl (C=O) groups excluding carboxylic acids is 1. The van der Waals surface area contributed by atoms with E-state index in [0.717, 1.165) is 61.9 Å². The minimum Gasteiger partial charge on any atom is -0.493 e. The highest BCUT2D eigenvalue weighted by Crippen LogP contribution is 2.47. The monoisotopic (exact) mass is 575 g/mol. The molecule has 0 aromatic heterocycles. The first kappa shape index (κ1) is 28.2. The van der Waals surface area contributed by atoms with Gasteiger partial charge in [0.1, 0.15) is 11.5 Å². The Labute approximate surface area is 240 Å². The average molecular weight is 576 g/mol. The standard InChI is InChI=1S/C30H39ClFN3O3S/c1-37-26-14-13-21(15-27(26)38-2)39-18-30(34-24-16-22(31)23(32)17-25(24)35-30)28(19-9-5-3-6-10-19)29(36)33-20-11-7-4-8-12-20/h13-17,19-20,28,34-35H,3-12,18H2,1-2H3,(H,33,36). The Hall–Kier alpha value is -2.32. The van der Waals surface area contributed by atoms with E-state index in [2.05, 4.69) is 16.0 Å². The molecule has 3 N–H and O–H groups in total. The molecule has 1 aliphatic heterocycles. The summed E-state index contributed by atoms with van der Waals surface area (Å²) in [5.41, 5.74) is 0.537. The van der Waals surface area contributed by atoms with Crippen LogP contribution < -0.4 is 25.4 Å². The number of rotatable bonds is 9. The molecule has 1 heterocycles. The number of amides is 1. The Kier molecular flexibility index (Phi) is 9.02. The van der Waals surface area contributed by atoms with Crippen LogP contribution in [0.25, 0.3) is 0 Å². The van der Waals surface area contributed by atoms with Crippen molar-refractivity contribution in [2.75, 3.05) is 30.6 Å². The lowest BCUT2D eigenvalue weighted by molar-refractivity contribution is -0.129. The van der Waals surface area contributed by atoms with Gasteiger partial charge in [0.25, 0.3) is 0 Å². The van der Waals surface area contributed by atoms with E-state index in [9.17, 15) is 9.18 Å². The first-order chi connectivity index (χ1) is 18.9. The maximum Gasteiger partial charge on any atom is 0.227 e. The van der Waals surface area contributed by atoms with Gasteiger partial charge in [0.15, 0.2) is 11.5 Å². The number of fused-ring (bicyclic) bond motifs is 1. The fourth-order valence-electron chi connectivity index (χ4n) is 6.53. The van der Waals surface area contributed by atoms with Gasteiger partial charge in [-0.25, -0.2) is 4.39 Å². The maximum atomic E-state index is 14.5. The van der Waals surface area contributed by atoms with E-state index in [1.165, 1.54) is 18.9 Å². The van der Waals surface area contributed by atoms with Gasteiger partial charge in [-0.2, -0.15) is 0 Å². The van der Waals surface area contributed by atoms with Crippen LogP contribution in [-0.4, -0.2) is 37.6 Å². The van der Waals surface area contributed by atoms with E-state index >= 15 is 0 Å². The second-order valence-corrected chi connectivity index (χ2v) is 12.5. The lowest BCUT2D eigenvalue weighted by Crippen LogP contribution is -2.60. The van der Waals surface area contributed by atoms with E-state index in [4.69, 9.17) is 21.1 Å². The van der Waals surface area contributed by atoms with Crippen LogP contribution >= 0.6 is 23.4 Å². The second kappa shape index (κ2) is 12.5. The van der Waals surface area contributed by atoms with Crippen molar-refractivity contribution in [1.29, 1.82) is 0 Å². The van der Waals surface area contributed by atoms with Gasteiger partial charge in [-0.15, -0.1) is 11.8 Å². The third-order valence-electron chi connectivity index (χ3n) is 8.48. The molecule has 0 spiro atoms. The molecule has 9 heteroatoms. The van der Waals surface area contributed by atoms with Gasteiger partial charge in [0.05, 0.1) is 36.5 Å². The van der Waals surface area contributed by atoms with E-state index in [-0.39, 0.29) is 28.8 Å². The molecule has 39 heavy (non-hydrogen) atoms. The zero-order valence-electron chi connectivity index (χ0n) is 22.8. The second-order valence-electron chi connectivity index (χ2n) is 11.1. The predicted molar refractivity (Wildman–Crippen MR) is 157 cm³/mol. The summed E-state index contributed by atoms with van der Waals surface area (Å²) in [6, 6.07) is 9.11. The van der Waals surface area contributed by atoms with Gasteiger partial charge in [0, 0.05) is 22.8 Å². The molecule has 2 fully saturated rings. The zero-order valence-corrected chi connectivity index (χ0v) is 24.4. The van der Waals surface area contributed by atoms with Crippen LogP contribution in [0.4, 0.5) is 15.8 Å². The number of methoxy groups -OCH3 is 2. The number of benzene rings is 2. The van der Waals surface area contributed by atoms with E-state index < -0.39 is 11.5 Å². The number of carbonyl (C=O) groups is 1. The normalized spacial score (nSPS) is 22.4. The molecule has 0 bridgehead atoms. The van der Waals surface area contributed by atoms with Crippen molar-refractivity contribution in [3.8, 4) is 11.5 Å². The Bertz CT molecular complexity index is 1140. The molecule has 5 rings (SSSR count). The highest BCUT2D eigenvalue weighted by atomic mass is 35.5. The van der Waals surface area contributed by atoms with Gasteiger partial charge < -0.3 is 25.4 Å². The largest absolute Gasteiger partial charge is 0.493 e. The molecule has 1 amide bonds. The average Bonchev–Trinajstić information content (AvgIpc) is 3.30. The van der Waals surface area contributed by atoms with Crippen LogP contribution in [0, 0.1) is 17.7 Å². The lowest BCUT2D eigenvalue weighted by Gasteiger charge is -2.43. The third kappa shape index (κ3) is 6.22. The Morgan fingerprint density at radius 1 is 1.00 bits per heavy atom. The first-order valence-corrected chi connectivity index (χ1v) is 15.5. The summed E-state index contributed by atoms with van der Waals surface area (Å²) in [4.78, 5) is 15.2. The third-order valence-corrected chi connectivity index (χ3v) is 9.96. The minimum absolute atomic E-state index is 0.0623. The first-order valence-electron chi connectivity index (χ1n) is 14.1. The molecule has 2 saturated carbocycles. The molecule has 6 nitrogen and oxygen atoms in total. The molecule has 2 aromatic carbocycles. The van der Waals surface area contributed by atoms with Crippen LogP contribution in [0.3, 0.4) is 0 Å². The number of nitrogens with one attached hydrogen (secondary N) is 3. The number of ether oxygens (including phenoxy) is 2. The van der Waals surface area contributed by atoms with Crippen molar-refractivity contribution in [3.05, 3.63) is 41.2 Å². The fraction of sp³-hybridized carbons (Fsp3) is 0.567. The predicted octanol–water partition coefficient (Wildman–Crippen LogP) is 7.47. The quantitative estimate of drug-likeness (QED) is 0.269. The number of hydrogen-bond donors (Lipinski definition) is 3. The van der Waals surface area contributed by atoms with Crippen molar-refractivity contribution >= 4 is 40.6 Å². The van der Waals surface area contributed by atoms with E-state index in [0.29, 0.717) is 22.9 Å². The van der Waals surface area contributed by atoms with Crippen LogP contribution in [0.15, 0.2) is 35.2 Å². The molecule has 2 unspecified atom stereocenters. The van der Waals surface area contributed by atoms with Gasteiger partial charge >= 0.3 is 0 Å². The van der Waals surface area contributed by atoms with Crippen molar-refractivity contribution in [2.45, 2.75) is 80.8 Å². The lowest BCUT2D eigenvalue weighted by atomic mass is 9.73. The van der Waals surface area contributed by atoms with Crippen LogP contribution in [-0.2, 0) is 4.79 Å². The maximum absolute atomic E-state index is 14.5. The summed E-state index contributed by atoms with van der Waals surface area (Å²) in [6.07, 6.45) is 11.0. The van der Waals surface area contributed by atoms with Crippen molar-refractivity contribution in [3.63, 3.8) is 0 Å². The summed E-state index contributed by atoms with van der Waals surface area (Å²) in [6.45, 7) is 0. The summed E-state index contributed by atoms with van der Waals surface area (Å²) in [7, 11) is 3.24. The number of thioether (sulfide) groups is 1. The van der Waals surface area contributed by atoms with Crippen molar-refractivity contribution in [1.82, 2.24) is 5.32 Å². The van der Waals surface area contributed by atoms with Crippen LogP contribution in [0.5, 0.6) is 11.5 Å². The van der Waals surface area contributed by atoms with Gasteiger partial charge in [-0.05, 0) is 55.9 Å². The van der Waals surface area contributed by atoms with Crippen molar-refractivity contribution in [2.24, 2.45) is 11.8 Å². The highest BCUT2D eigenvalue weighted by molar-refractivity contribution is 7.99. The van der Waals surface area contributed by atoms with Gasteiger partial charge in [-0.1, -0.05) is 50.1 Å². The number of hydrogen-bond acceptors (Lipinski definition) is 6. The smallest absolute Gasteiger partial charge is 0.227 e. The zero-order chi connectivity index (χ0) is 27.4. The Morgan fingerprint density at radius 2 is 1.64 bits per heavy atom. The molecule has 2 aromatic rings.